The number of amides is 2. The summed E-state index contributed by atoms with van der Waals surface area (Å²) in [5.41, 5.74) is -0.229. The monoisotopic (exact) mass is 360 g/mol. The topological polar surface area (TPSA) is 75.2 Å². The standard InChI is InChI=1S/C20H32N4O2/c1-4-9-20(3,10-5-2)19(26)24-14-16(15-24)13-23-18(25)8-7-17-21-11-6-12-22-17/h6,11-12,16H,4-5,7-10,13-15H2,1-3H3,(H,23,25). The average molecular weight is 361 g/mol. The van der Waals surface area contributed by atoms with Gasteiger partial charge in [-0.25, -0.2) is 9.97 Å². The van der Waals surface area contributed by atoms with Crippen LogP contribution in [-0.2, 0) is 16.0 Å². The molecule has 1 fully saturated rings. The lowest BCUT2D eigenvalue weighted by Crippen LogP contribution is -2.57. The van der Waals surface area contributed by atoms with Crippen LogP contribution < -0.4 is 5.32 Å². The number of carbonyl (C=O) groups excluding carboxylic acids is 2. The summed E-state index contributed by atoms with van der Waals surface area (Å²) in [4.78, 5) is 35.0. The van der Waals surface area contributed by atoms with Gasteiger partial charge in [-0.15, -0.1) is 0 Å². The second-order valence-corrected chi connectivity index (χ2v) is 7.61. The van der Waals surface area contributed by atoms with Gasteiger partial charge in [0.2, 0.25) is 11.8 Å². The van der Waals surface area contributed by atoms with Crippen molar-refractivity contribution < 1.29 is 9.59 Å². The van der Waals surface area contributed by atoms with Gasteiger partial charge in [0, 0.05) is 56.2 Å². The van der Waals surface area contributed by atoms with E-state index >= 15 is 0 Å². The summed E-state index contributed by atoms with van der Waals surface area (Å²) in [7, 11) is 0. The third-order valence-electron chi connectivity index (χ3n) is 5.15. The number of likely N-dealkylation sites (tertiary alicyclic amines) is 1. The van der Waals surface area contributed by atoms with Crippen LogP contribution in [0.3, 0.4) is 0 Å². The van der Waals surface area contributed by atoms with Crippen LogP contribution in [0.25, 0.3) is 0 Å². The Morgan fingerprint density at radius 3 is 2.38 bits per heavy atom. The van der Waals surface area contributed by atoms with Crippen LogP contribution in [0.5, 0.6) is 0 Å². The second kappa shape index (κ2) is 9.64. The molecule has 1 saturated heterocycles. The predicted octanol–water partition coefficient (Wildman–Crippen LogP) is 2.59. The van der Waals surface area contributed by atoms with Gasteiger partial charge in [0.15, 0.2) is 0 Å². The minimum Gasteiger partial charge on any atom is -0.356 e. The van der Waals surface area contributed by atoms with Crippen molar-refractivity contribution in [1.29, 1.82) is 0 Å². The lowest BCUT2D eigenvalue weighted by Gasteiger charge is -2.44. The van der Waals surface area contributed by atoms with E-state index in [-0.39, 0.29) is 17.2 Å². The van der Waals surface area contributed by atoms with Gasteiger partial charge in [-0.05, 0) is 18.9 Å². The Morgan fingerprint density at radius 2 is 1.81 bits per heavy atom. The van der Waals surface area contributed by atoms with Gasteiger partial charge in [0.1, 0.15) is 5.82 Å². The summed E-state index contributed by atoms with van der Waals surface area (Å²) in [5, 5.41) is 2.97. The first-order valence-electron chi connectivity index (χ1n) is 9.80. The zero-order chi connectivity index (χ0) is 19.0. The normalized spacial score (nSPS) is 14.8. The molecule has 0 bridgehead atoms. The molecule has 0 spiro atoms. The predicted molar refractivity (Wildman–Crippen MR) is 101 cm³/mol. The highest BCUT2D eigenvalue weighted by molar-refractivity contribution is 5.83. The first-order chi connectivity index (χ1) is 12.5. The summed E-state index contributed by atoms with van der Waals surface area (Å²) >= 11 is 0. The highest BCUT2D eigenvalue weighted by Gasteiger charge is 2.40. The molecule has 2 amide bonds. The van der Waals surface area contributed by atoms with Crippen LogP contribution in [0.4, 0.5) is 0 Å². The molecular formula is C20H32N4O2. The van der Waals surface area contributed by atoms with Crippen molar-refractivity contribution in [2.45, 2.75) is 59.3 Å². The molecule has 1 aromatic heterocycles. The Morgan fingerprint density at radius 1 is 1.19 bits per heavy atom. The van der Waals surface area contributed by atoms with E-state index in [1.807, 2.05) is 4.90 Å². The summed E-state index contributed by atoms with van der Waals surface area (Å²) in [6.07, 6.45) is 8.26. The summed E-state index contributed by atoms with van der Waals surface area (Å²) in [6, 6.07) is 1.76. The van der Waals surface area contributed by atoms with E-state index in [4.69, 9.17) is 0 Å². The van der Waals surface area contributed by atoms with E-state index in [0.717, 1.165) is 38.8 Å². The van der Waals surface area contributed by atoms with Crippen molar-refractivity contribution in [2.75, 3.05) is 19.6 Å². The fraction of sp³-hybridized carbons (Fsp3) is 0.700. The fourth-order valence-electron chi connectivity index (χ4n) is 3.72. The Kier molecular flexibility index (Phi) is 7.54. The molecule has 0 unspecified atom stereocenters. The molecule has 2 rings (SSSR count). The first kappa shape index (κ1) is 20.3. The molecule has 26 heavy (non-hydrogen) atoms. The van der Waals surface area contributed by atoms with E-state index < -0.39 is 0 Å². The number of hydrogen-bond donors (Lipinski definition) is 1. The van der Waals surface area contributed by atoms with Crippen molar-refractivity contribution in [3.8, 4) is 0 Å². The molecule has 2 heterocycles. The minimum absolute atomic E-state index is 0.0176. The number of aryl methyl sites for hydroxylation is 1. The van der Waals surface area contributed by atoms with Gasteiger partial charge in [0.05, 0.1) is 0 Å². The van der Waals surface area contributed by atoms with Crippen LogP contribution in [0.1, 0.15) is 58.7 Å². The van der Waals surface area contributed by atoms with Crippen LogP contribution in [0, 0.1) is 11.3 Å². The van der Waals surface area contributed by atoms with Crippen LogP contribution in [0.15, 0.2) is 18.5 Å². The van der Waals surface area contributed by atoms with Gasteiger partial charge in [0.25, 0.3) is 0 Å². The molecular weight excluding hydrogens is 328 g/mol. The lowest BCUT2D eigenvalue weighted by atomic mass is 9.78. The van der Waals surface area contributed by atoms with E-state index in [1.165, 1.54) is 0 Å². The Balaban J connectivity index is 1.68. The molecule has 0 saturated carbocycles. The molecule has 1 aliphatic rings. The third-order valence-corrected chi connectivity index (χ3v) is 5.15. The largest absolute Gasteiger partial charge is 0.356 e. The molecule has 0 aliphatic carbocycles. The second-order valence-electron chi connectivity index (χ2n) is 7.61. The SMILES string of the molecule is CCCC(C)(CCC)C(=O)N1CC(CNC(=O)CCc2ncccn2)C1. The molecule has 1 aliphatic heterocycles. The first-order valence-corrected chi connectivity index (χ1v) is 9.80. The number of rotatable bonds is 10. The van der Waals surface area contributed by atoms with Gasteiger partial charge >= 0.3 is 0 Å². The average Bonchev–Trinajstić information content (AvgIpc) is 2.59. The zero-order valence-electron chi connectivity index (χ0n) is 16.3. The third kappa shape index (κ3) is 5.51. The lowest BCUT2D eigenvalue weighted by molar-refractivity contribution is -0.148. The molecule has 1 N–H and O–H groups in total. The smallest absolute Gasteiger partial charge is 0.228 e. The van der Waals surface area contributed by atoms with Gasteiger partial charge in [-0.1, -0.05) is 33.6 Å². The maximum atomic E-state index is 12.8. The molecule has 6 heteroatoms. The molecule has 6 nitrogen and oxygen atoms in total. The van der Waals surface area contributed by atoms with Crippen molar-refractivity contribution >= 4 is 11.8 Å². The molecule has 0 radical (unpaired) electrons. The minimum atomic E-state index is -0.229. The molecule has 144 valence electrons. The highest BCUT2D eigenvalue weighted by atomic mass is 16.2. The van der Waals surface area contributed by atoms with Crippen LogP contribution in [0.2, 0.25) is 0 Å². The fourth-order valence-corrected chi connectivity index (χ4v) is 3.72. The number of nitrogens with zero attached hydrogens (tertiary/aromatic N) is 3. The molecule has 0 atom stereocenters. The van der Waals surface area contributed by atoms with Crippen LogP contribution in [-0.4, -0.2) is 46.3 Å². The maximum Gasteiger partial charge on any atom is 0.228 e. The molecule has 1 aromatic rings. The van der Waals surface area contributed by atoms with Gasteiger partial charge < -0.3 is 10.2 Å². The number of aromatic nitrogens is 2. The zero-order valence-corrected chi connectivity index (χ0v) is 16.3. The summed E-state index contributed by atoms with van der Waals surface area (Å²) < 4.78 is 0. The number of carbonyl (C=O) groups is 2. The maximum absolute atomic E-state index is 12.8. The Labute approximate surface area is 156 Å². The highest BCUT2D eigenvalue weighted by Crippen LogP contribution is 2.34. The Bertz CT molecular complexity index is 579. The molecule has 0 aromatic carbocycles. The summed E-state index contributed by atoms with van der Waals surface area (Å²) in [5.74, 6) is 1.35. The van der Waals surface area contributed by atoms with Crippen molar-refractivity contribution in [3.05, 3.63) is 24.3 Å². The number of hydrogen-bond acceptors (Lipinski definition) is 4. The summed E-state index contributed by atoms with van der Waals surface area (Å²) in [6.45, 7) is 8.51. The van der Waals surface area contributed by atoms with E-state index in [9.17, 15) is 9.59 Å². The van der Waals surface area contributed by atoms with Crippen molar-refractivity contribution in [1.82, 2.24) is 20.2 Å². The quantitative estimate of drug-likeness (QED) is 0.696. The Hall–Kier alpha value is -1.98. The van der Waals surface area contributed by atoms with Crippen molar-refractivity contribution in [3.63, 3.8) is 0 Å². The number of nitrogens with one attached hydrogen (secondary N) is 1. The van der Waals surface area contributed by atoms with E-state index in [1.54, 1.807) is 18.5 Å². The van der Waals surface area contributed by atoms with E-state index in [2.05, 4.69) is 36.1 Å². The van der Waals surface area contributed by atoms with Crippen LogP contribution >= 0.6 is 0 Å². The van der Waals surface area contributed by atoms with E-state index in [0.29, 0.717) is 31.1 Å². The van der Waals surface area contributed by atoms with Gasteiger partial charge in [-0.2, -0.15) is 0 Å². The van der Waals surface area contributed by atoms with Crippen molar-refractivity contribution in [2.24, 2.45) is 11.3 Å². The van der Waals surface area contributed by atoms with Gasteiger partial charge in [-0.3, -0.25) is 9.59 Å².